The highest BCUT2D eigenvalue weighted by molar-refractivity contribution is 5.92. The molecule has 4 amide bonds. The quantitative estimate of drug-likeness (QED) is 0.400. The standard InChI is InChI=1S/C27H44N4O5/c1-9-10-15-31(23(24(33)29-17(2)3)20-16-18(4)11-12-19(20)5)25(34)21(13-14-22(28)32)30-26(35)36-27(6,7)8/h11-12,16-17,21,23H,9-10,13-15H2,1-8H3,(H2,28,32)(H,29,33)(H,30,35). The molecular formula is C27H44N4O5. The predicted octanol–water partition coefficient (Wildman–Crippen LogP) is 3.66. The molecule has 0 fully saturated rings. The third-order valence-corrected chi connectivity index (χ3v) is 5.42. The van der Waals surface area contributed by atoms with Crippen molar-refractivity contribution >= 4 is 23.8 Å². The molecule has 1 rings (SSSR count). The number of aryl methyl sites for hydroxylation is 2. The smallest absolute Gasteiger partial charge is 0.408 e. The van der Waals surface area contributed by atoms with Crippen molar-refractivity contribution in [2.45, 2.75) is 105 Å². The van der Waals surface area contributed by atoms with Crippen molar-refractivity contribution in [3.05, 3.63) is 34.9 Å². The molecule has 202 valence electrons. The first kappa shape index (κ1) is 30.9. The van der Waals surface area contributed by atoms with Crippen molar-refractivity contribution < 1.29 is 23.9 Å². The summed E-state index contributed by atoms with van der Waals surface area (Å²) in [5.41, 5.74) is 7.11. The Morgan fingerprint density at radius 3 is 2.25 bits per heavy atom. The normalized spacial score (nSPS) is 13.0. The van der Waals surface area contributed by atoms with Gasteiger partial charge in [0.05, 0.1) is 0 Å². The molecule has 9 nitrogen and oxygen atoms in total. The van der Waals surface area contributed by atoms with Crippen LogP contribution in [0.1, 0.15) is 90.0 Å². The number of carbonyl (C=O) groups excluding carboxylic acids is 4. The Kier molecular flexibility index (Phi) is 11.9. The lowest BCUT2D eigenvalue weighted by atomic mass is 9.95. The molecule has 36 heavy (non-hydrogen) atoms. The van der Waals surface area contributed by atoms with Gasteiger partial charge in [-0.15, -0.1) is 0 Å². The highest BCUT2D eigenvalue weighted by Crippen LogP contribution is 2.28. The Morgan fingerprint density at radius 2 is 1.72 bits per heavy atom. The molecule has 0 saturated heterocycles. The first-order valence-corrected chi connectivity index (χ1v) is 12.6. The van der Waals surface area contributed by atoms with Gasteiger partial charge in [-0.05, 0) is 72.4 Å². The molecule has 4 N–H and O–H groups in total. The minimum absolute atomic E-state index is 0.0125. The largest absolute Gasteiger partial charge is 0.444 e. The number of rotatable bonds is 12. The van der Waals surface area contributed by atoms with Gasteiger partial charge in [-0.3, -0.25) is 14.4 Å². The number of unbranched alkanes of at least 4 members (excludes halogenated alkanes) is 1. The van der Waals surface area contributed by atoms with E-state index in [1.807, 2.05) is 52.8 Å². The second-order valence-electron chi connectivity index (χ2n) is 10.5. The van der Waals surface area contributed by atoms with Gasteiger partial charge in [0.25, 0.3) is 0 Å². The number of nitrogens with two attached hydrogens (primary N) is 1. The van der Waals surface area contributed by atoms with Crippen molar-refractivity contribution in [1.82, 2.24) is 15.5 Å². The van der Waals surface area contributed by atoms with Gasteiger partial charge in [0, 0.05) is 19.0 Å². The Morgan fingerprint density at radius 1 is 1.08 bits per heavy atom. The topological polar surface area (TPSA) is 131 Å². The van der Waals surface area contributed by atoms with Crippen molar-refractivity contribution in [3.63, 3.8) is 0 Å². The molecule has 0 aliphatic carbocycles. The van der Waals surface area contributed by atoms with E-state index in [2.05, 4.69) is 10.6 Å². The number of alkyl carbamates (subject to hydrolysis) is 1. The molecule has 0 heterocycles. The van der Waals surface area contributed by atoms with E-state index in [0.29, 0.717) is 18.5 Å². The van der Waals surface area contributed by atoms with Crippen molar-refractivity contribution in [1.29, 1.82) is 0 Å². The number of primary amides is 1. The Hall–Kier alpha value is -3.10. The van der Waals surface area contributed by atoms with E-state index in [1.54, 1.807) is 20.8 Å². The van der Waals surface area contributed by atoms with E-state index < -0.39 is 35.6 Å². The molecule has 1 aromatic rings. The van der Waals surface area contributed by atoms with Crippen LogP contribution in [0, 0.1) is 13.8 Å². The lowest BCUT2D eigenvalue weighted by Gasteiger charge is -2.35. The summed E-state index contributed by atoms with van der Waals surface area (Å²) in [6, 6.07) is 3.64. The summed E-state index contributed by atoms with van der Waals surface area (Å²) in [6.07, 6.45) is 0.537. The number of amides is 4. The van der Waals surface area contributed by atoms with Gasteiger partial charge in [-0.25, -0.2) is 4.79 Å². The number of ether oxygens (including phenoxy) is 1. The molecule has 2 atom stereocenters. The van der Waals surface area contributed by atoms with Gasteiger partial charge in [0.1, 0.15) is 17.7 Å². The van der Waals surface area contributed by atoms with Crippen molar-refractivity contribution in [2.75, 3.05) is 6.54 Å². The van der Waals surface area contributed by atoms with E-state index in [9.17, 15) is 19.2 Å². The molecule has 0 aliphatic heterocycles. The summed E-state index contributed by atoms with van der Waals surface area (Å²) < 4.78 is 5.35. The summed E-state index contributed by atoms with van der Waals surface area (Å²) in [6.45, 7) is 15.0. The molecule has 2 unspecified atom stereocenters. The maximum Gasteiger partial charge on any atom is 0.408 e. The van der Waals surface area contributed by atoms with E-state index in [0.717, 1.165) is 17.5 Å². The molecule has 0 aliphatic rings. The Balaban J connectivity index is 3.55. The highest BCUT2D eigenvalue weighted by atomic mass is 16.6. The molecule has 0 saturated carbocycles. The van der Waals surface area contributed by atoms with Crippen molar-refractivity contribution in [3.8, 4) is 0 Å². The number of benzene rings is 1. The van der Waals surface area contributed by atoms with Crippen LogP contribution in [0.5, 0.6) is 0 Å². The number of carbonyl (C=O) groups is 4. The Bertz CT molecular complexity index is 923. The molecule has 1 aromatic carbocycles. The Labute approximate surface area is 215 Å². The van der Waals surface area contributed by atoms with Crippen LogP contribution in [0.25, 0.3) is 0 Å². The van der Waals surface area contributed by atoms with E-state index in [-0.39, 0.29) is 24.8 Å². The lowest BCUT2D eigenvalue weighted by Crippen LogP contribution is -2.54. The zero-order chi connectivity index (χ0) is 27.6. The number of hydrogen-bond donors (Lipinski definition) is 3. The van der Waals surface area contributed by atoms with Crippen molar-refractivity contribution in [2.24, 2.45) is 5.73 Å². The molecule has 0 radical (unpaired) electrons. The predicted molar refractivity (Wildman–Crippen MR) is 140 cm³/mol. The summed E-state index contributed by atoms with van der Waals surface area (Å²) in [7, 11) is 0. The van der Waals surface area contributed by atoms with E-state index >= 15 is 0 Å². The molecule has 9 heteroatoms. The fourth-order valence-electron chi connectivity index (χ4n) is 3.76. The van der Waals surface area contributed by atoms with Crippen LogP contribution < -0.4 is 16.4 Å². The fraction of sp³-hybridized carbons (Fsp3) is 0.630. The molecular weight excluding hydrogens is 460 g/mol. The minimum Gasteiger partial charge on any atom is -0.444 e. The highest BCUT2D eigenvalue weighted by Gasteiger charge is 2.37. The third-order valence-electron chi connectivity index (χ3n) is 5.42. The zero-order valence-corrected chi connectivity index (χ0v) is 23.1. The van der Waals surface area contributed by atoms with Crippen LogP contribution in [-0.2, 0) is 19.1 Å². The zero-order valence-electron chi connectivity index (χ0n) is 23.1. The average Bonchev–Trinajstić information content (AvgIpc) is 2.73. The molecule has 0 aromatic heterocycles. The average molecular weight is 505 g/mol. The summed E-state index contributed by atoms with van der Waals surface area (Å²) in [4.78, 5) is 53.1. The first-order valence-electron chi connectivity index (χ1n) is 12.6. The number of nitrogens with one attached hydrogen (secondary N) is 2. The lowest BCUT2D eigenvalue weighted by molar-refractivity contribution is -0.143. The molecule has 0 bridgehead atoms. The second-order valence-corrected chi connectivity index (χ2v) is 10.5. The fourth-order valence-corrected chi connectivity index (χ4v) is 3.76. The van der Waals surface area contributed by atoms with Gasteiger partial charge in [0.2, 0.25) is 17.7 Å². The van der Waals surface area contributed by atoms with Crippen LogP contribution in [0.3, 0.4) is 0 Å². The summed E-state index contributed by atoms with van der Waals surface area (Å²) in [5, 5.41) is 5.55. The SMILES string of the molecule is CCCCN(C(=O)C(CCC(N)=O)NC(=O)OC(C)(C)C)C(C(=O)NC(C)C)c1cc(C)ccc1C. The van der Waals surface area contributed by atoms with Crippen LogP contribution in [0.2, 0.25) is 0 Å². The maximum absolute atomic E-state index is 14.0. The van der Waals surface area contributed by atoms with Gasteiger partial charge >= 0.3 is 6.09 Å². The monoisotopic (exact) mass is 504 g/mol. The van der Waals surface area contributed by atoms with E-state index in [4.69, 9.17) is 10.5 Å². The van der Waals surface area contributed by atoms with Crippen LogP contribution >= 0.6 is 0 Å². The van der Waals surface area contributed by atoms with Gasteiger partial charge < -0.3 is 26.0 Å². The molecule has 0 spiro atoms. The van der Waals surface area contributed by atoms with Gasteiger partial charge in [-0.1, -0.05) is 37.1 Å². The van der Waals surface area contributed by atoms with Gasteiger partial charge in [-0.2, -0.15) is 0 Å². The van der Waals surface area contributed by atoms with Crippen LogP contribution in [0.15, 0.2) is 18.2 Å². The maximum atomic E-state index is 14.0. The van der Waals surface area contributed by atoms with Crippen LogP contribution in [-0.4, -0.2) is 52.9 Å². The minimum atomic E-state index is -1.09. The number of hydrogen-bond acceptors (Lipinski definition) is 5. The number of nitrogens with zero attached hydrogens (tertiary/aromatic N) is 1. The van der Waals surface area contributed by atoms with Gasteiger partial charge in [0.15, 0.2) is 0 Å². The third kappa shape index (κ3) is 10.3. The van der Waals surface area contributed by atoms with Crippen LogP contribution in [0.4, 0.5) is 4.79 Å². The summed E-state index contributed by atoms with van der Waals surface area (Å²) >= 11 is 0. The second kappa shape index (κ2) is 13.8. The first-order chi connectivity index (χ1) is 16.7. The summed E-state index contributed by atoms with van der Waals surface area (Å²) in [5.74, 6) is -1.38. The van der Waals surface area contributed by atoms with E-state index in [1.165, 1.54) is 4.90 Å².